The highest BCUT2D eigenvalue weighted by Crippen LogP contribution is 2.28. The predicted molar refractivity (Wildman–Crippen MR) is 148 cm³/mol. The fraction of sp³-hybridized carbons (Fsp3) is 0.423. The Labute approximate surface area is 229 Å². The average molecular weight is 571 g/mol. The van der Waals surface area contributed by atoms with Crippen LogP contribution in [-0.4, -0.2) is 55.8 Å². The molecule has 0 aromatic heterocycles. The smallest absolute Gasteiger partial charge is 0.244 e. The van der Waals surface area contributed by atoms with Crippen LogP contribution in [0.1, 0.15) is 56.5 Å². The zero-order valence-corrected chi connectivity index (χ0v) is 24.0. The molecule has 2 atom stereocenters. The maximum atomic E-state index is 13.8. The summed E-state index contributed by atoms with van der Waals surface area (Å²) in [7, 11) is -3.93. The average Bonchev–Trinajstić information content (AvgIpc) is 2.83. The van der Waals surface area contributed by atoms with Gasteiger partial charge in [-0.1, -0.05) is 55.2 Å². The minimum Gasteiger partial charge on any atom is -0.352 e. The molecule has 1 N–H and O–H groups in total. The third-order valence-corrected chi connectivity index (χ3v) is 7.85. The van der Waals surface area contributed by atoms with E-state index in [1.54, 1.807) is 37.3 Å². The molecule has 37 heavy (non-hydrogen) atoms. The number of amides is 2. The van der Waals surface area contributed by atoms with Crippen molar-refractivity contribution in [3.63, 3.8) is 0 Å². The van der Waals surface area contributed by atoms with Gasteiger partial charge in [0.1, 0.15) is 12.6 Å². The molecule has 0 fully saturated rings. The molecular formula is C26H33Cl2N3O5S. The highest BCUT2D eigenvalue weighted by Gasteiger charge is 2.33. The molecule has 0 aliphatic rings. The molecule has 0 aliphatic carbocycles. The molecular weight excluding hydrogens is 537 g/mol. The molecule has 0 saturated carbocycles. The zero-order valence-electron chi connectivity index (χ0n) is 21.6. The summed E-state index contributed by atoms with van der Waals surface area (Å²) in [4.78, 5) is 40.1. The van der Waals surface area contributed by atoms with E-state index in [2.05, 4.69) is 5.32 Å². The van der Waals surface area contributed by atoms with E-state index in [0.29, 0.717) is 27.6 Å². The summed E-state index contributed by atoms with van der Waals surface area (Å²) in [5.74, 6) is -1.23. The van der Waals surface area contributed by atoms with Crippen molar-refractivity contribution in [1.82, 2.24) is 10.2 Å². The van der Waals surface area contributed by atoms with Crippen LogP contribution in [0, 0.1) is 0 Å². The number of nitrogens with zero attached hydrogens (tertiary/aromatic N) is 2. The molecule has 0 heterocycles. The maximum absolute atomic E-state index is 13.8. The first-order chi connectivity index (χ1) is 17.3. The number of benzene rings is 2. The van der Waals surface area contributed by atoms with Gasteiger partial charge in [-0.15, -0.1) is 0 Å². The van der Waals surface area contributed by atoms with Gasteiger partial charge in [-0.2, -0.15) is 0 Å². The highest BCUT2D eigenvalue weighted by molar-refractivity contribution is 7.92. The number of halogens is 2. The van der Waals surface area contributed by atoms with E-state index < -0.39 is 28.5 Å². The Kier molecular flexibility index (Phi) is 11.0. The number of hydrogen-bond acceptors (Lipinski definition) is 5. The summed E-state index contributed by atoms with van der Waals surface area (Å²) in [6.07, 6.45) is 1.94. The molecule has 2 aromatic carbocycles. The normalized spacial score (nSPS) is 12.9. The number of sulfonamides is 1. The van der Waals surface area contributed by atoms with Crippen LogP contribution < -0.4 is 9.62 Å². The predicted octanol–water partition coefficient (Wildman–Crippen LogP) is 4.68. The number of carbonyl (C=O) groups is 3. The lowest BCUT2D eigenvalue weighted by Crippen LogP contribution is -2.53. The van der Waals surface area contributed by atoms with Crippen molar-refractivity contribution in [1.29, 1.82) is 0 Å². The van der Waals surface area contributed by atoms with Crippen molar-refractivity contribution in [3.05, 3.63) is 63.6 Å². The van der Waals surface area contributed by atoms with Crippen molar-refractivity contribution < 1.29 is 22.8 Å². The Balaban J connectivity index is 2.54. The molecule has 0 unspecified atom stereocenters. The number of Topliss-reactive ketones (excluding diaryl/α,β-unsaturated/α-hetero) is 1. The first kappa shape index (κ1) is 30.6. The van der Waals surface area contributed by atoms with E-state index in [0.717, 1.165) is 10.6 Å². The van der Waals surface area contributed by atoms with E-state index in [1.165, 1.54) is 24.0 Å². The quantitative estimate of drug-likeness (QED) is 0.373. The second kappa shape index (κ2) is 13.3. The fourth-order valence-corrected chi connectivity index (χ4v) is 5.07. The Morgan fingerprint density at radius 3 is 2.11 bits per heavy atom. The van der Waals surface area contributed by atoms with Crippen molar-refractivity contribution >= 4 is 56.5 Å². The molecule has 2 rings (SSSR count). The summed E-state index contributed by atoms with van der Waals surface area (Å²) < 4.78 is 26.4. The van der Waals surface area contributed by atoms with Crippen LogP contribution in [0.2, 0.25) is 10.0 Å². The van der Waals surface area contributed by atoms with Crippen molar-refractivity contribution in [2.24, 2.45) is 0 Å². The van der Waals surface area contributed by atoms with Crippen LogP contribution >= 0.6 is 23.2 Å². The van der Waals surface area contributed by atoms with E-state index in [-0.39, 0.29) is 36.4 Å². The van der Waals surface area contributed by atoms with Gasteiger partial charge in [0.2, 0.25) is 21.8 Å². The number of ketones is 1. The van der Waals surface area contributed by atoms with Crippen LogP contribution in [-0.2, 0) is 26.2 Å². The lowest BCUT2D eigenvalue weighted by molar-refractivity contribution is -0.140. The molecule has 0 aliphatic heterocycles. The van der Waals surface area contributed by atoms with Gasteiger partial charge in [-0.25, -0.2) is 8.42 Å². The molecule has 2 amide bonds. The van der Waals surface area contributed by atoms with Crippen LogP contribution in [0.5, 0.6) is 0 Å². The first-order valence-corrected chi connectivity index (χ1v) is 14.5. The number of rotatable bonds is 12. The Bertz CT molecular complexity index is 1230. The molecule has 0 saturated heterocycles. The van der Waals surface area contributed by atoms with Crippen molar-refractivity contribution in [2.45, 2.75) is 59.2 Å². The molecule has 0 radical (unpaired) electrons. The molecule has 11 heteroatoms. The molecule has 202 valence electrons. The fourth-order valence-electron chi connectivity index (χ4n) is 3.71. The van der Waals surface area contributed by atoms with Gasteiger partial charge in [0.25, 0.3) is 0 Å². The first-order valence-electron chi connectivity index (χ1n) is 11.9. The van der Waals surface area contributed by atoms with Gasteiger partial charge >= 0.3 is 0 Å². The van der Waals surface area contributed by atoms with Gasteiger partial charge in [0, 0.05) is 33.8 Å². The Hall–Kier alpha value is -2.62. The molecule has 8 nitrogen and oxygen atoms in total. The van der Waals surface area contributed by atoms with E-state index >= 15 is 0 Å². The molecule has 2 aromatic rings. The Morgan fingerprint density at radius 2 is 1.59 bits per heavy atom. The van der Waals surface area contributed by atoms with Crippen molar-refractivity contribution in [2.75, 3.05) is 17.1 Å². The number of hydrogen-bond donors (Lipinski definition) is 1. The Morgan fingerprint density at radius 1 is 1.00 bits per heavy atom. The largest absolute Gasteiger partial charge is 0.352 e. The number of nitrogens with one attached hydrogen (secondary N) is 1. The van der Waals surface area contributed by atoms with Crippen molar-refractivity contribution in [3.8, 4) is 0 Å². The topological polar surface area (TPSA) is 104 Å². The summed E-state index contributed by atoms with van der Waals surface area (Å²) in [5.41, 5.74) is 0.910. The van der Waals surface area contributed by atoms with Crippen LogP contribution in [0.25, 0.3) is 0 Å². The van der Waals surface area contributed by atoms with Crippen LogP contribution in [0.4, 0.5) is 5.69 Å². The summed E-state index contributed by atoms with van der Waals surface area (Å²) in [6.45, 7) is 6.22. The van der Waals surface area contributed by atoms with Crippen LogP contribution in [0.15, 0.2) is 42.5 Å². The second-order valence-corrected chi connectivity index (χ2v) is 11.6. The molecule has 0 bridgehead atoms. The monoisotopic (exact) mass is 569 g/mol. The summed E-state index contributed by atoms with van der Waals surface area (Å²) in [6, 6.07) is 9.92. The van der Waals surface area contributed by atoms with Gasteiger partial charge < -0.3 is 10.2 Å². The third-order valence-electron chi connectivity index (χ3n) is 6.00. The van der Waals surface area contributed by atoms with Gasteiger partial charge in [-0.3, -0.25) is 18.7 Å². The lowest BCUT2D eigenvalue weighted by atomic mass is 10.1. The van der Waals surface area contributed by atoms with E-state index in [1.807, 2.05) is 13.8 Å². The summed E-state index contributed by atoms with van der Waals surface area (Å²) in [5, 5.41) is 3.53. The SMILES string of the molecule is CC[C@H](C(=O)N[C@@H](C)CC)N(Cc1c(Cl)cccc1Cl)C(=O)CN(c1cccc(C(C)=O)c1)S(C)(=O)=O. The van der Waals surface area contributed by atoms with Gasteiger partial charge in [-0.05, 0) is 51.0 Å². The third kappa shape index (κ3) is 8.18. The molecule has 0 spiro atoms. The second-order valence-electron chi connectivity index (χ2n) is 8.84. The minimum absolute atomic E-state index is 0.102. The van der Waals surface area contributed by atoms with E-state index in [4.69, 9.17) is 23.2 Å². The van der Waals surface area contributed by atoms with Gasteiger partial charge in [0.05, 0.1) is 11.9 Å². The van der Waals surface area contributed by atoms with Gasteiger partial charge in [0.15, 0.2) is 5.78 Å². The minimum atomic E-state index is -3.93. The highest BCUT2D eigenvalue weighted by atomic mass is 35.5. The van der Waals surface area contributed by atoms with Crippen LogP contribution in [0.3, 0.4) is 0 Å². The lowest BCUT2D eigenvalue weighted by Gasteiger charge is -2.33. The standard InChI is InChI=1S/C26H33Cl2N3O5S/c1-6-17(3)29-26(34)24(7-2)30(15-21-22(27)12-9-13-23(21)28)25(33)16-31(37(5,35)36)20-11-8-10-19(14-20)18(4)32/h8-14,17,24H,6-7,15-16H2,1-5H3,(H,29,34)/t17-,24+/m0/s1. The van der Waals surface area contributed by atoms with E-state index in [9.17, 15) is 22.8 Å². The number of anilines is 1. The summed E-state index contributed by atoms with van der Waals surface area (Å²) >= 11 is 12.7. The zero-order chi connectivity index (χ0) is 27.9. The number of carbonyl (C=O) groups excluding carboxylic acids is 3. The maximum Gasteiger partial charge on any atom is 0.244 e.